The molecule has 1 fully saturated rings. The highest BCUT2D eigenvalue weighted by molar-refractivity contribution is 4.93. The van der Waals surface area contributed by atoms with Gasteiger partial charge in [0.2, 0.25) is 0 Å². The summed E-state index contributed by atoms with van der Waals surface area (Å²) < 4.78 is 0. The molecule has 2 atom stereocenters. The zero-order chi connectivity index (χ0) is 10.4. The largest absolute Gasteiger partial charge is 0.311 e. The second-order valence-electron chi connectivity index (χ2n) is 4.95. The highest BCUT2D eigenvalue weighted by Gasteiger charge is 2.33. The van der Waals surface area contributed by atoms with Crippen LogP contribution in [-0.4, -0.2) is 12.1 Å². The molecule has 1 N–H and O–H groups in total. The molecule has 0 aliphatic carbocycles. The smallest absolute Gasteiger partial charge is 0.0206 e. The maximum Gasteiger partial charge on any atom is 0.0206 e. The first-order chi connectivity index (χ1) is 6.75. The number of rotatable bonds is 4. The van der Waals surface area contributed by atoms with E-state index in [2.05, 4.69) is 26.1 Å². The first-order valence-corrected chi connectivity index (χ1v) is 6.50. The van der Waals surface area contributed by atoms with Crippen molar-refractivity contribution in [3.05, 3.63) is 0 Å². The zero-order valence-corrected chi connectivity index (χ0v) is 10.2. The van der Waals surface area contributed by atoms with E-state index in [1.165, 1.54) is 51.5 Å². The third-order valence-electron chi connectivity index (χ3n) is 4.03. The molecule has 1 nitrogen and oxygen atoms in total. The summed E-state index contributed by atoms with van der Waals surface area (Å²) in [6, 6.07) is 0. The van der Waals surface area contributed by atoms with Crippen LogP contribution in [0.2, 0.25) is 0 Å². The Morgan fingerprint density at radius 3 is 2.64 bits per heavy atom. The molecule has 1 saturated heterocycles. The Hall–Kier alpha value is -0.0400. The molecule has 0 bridgehead atoms. The second kappa shape index (κ2) is 5.75. The van der Waals surface area contributed by atoms with E-state index in [9.17, 15) is 0 Å². The predicted molar refractivity (Wildman–Crippen MR) is 63.6 cm³/mol. The van der Waals surface area contributed by atoms with E-state index in [1.807, 2.05) is 0 Å². The van der Waals surface area contributed by atoms with Crippen LogP contribution in [0.25, 0.3) is 0 Å². The van der Waals surface area contributed by atoms with Crippen LogP contribution in [0.15, 0.2) is 0 Å². The number of hydrogen-bond donors (Lipinski definition) is 1. The highest BCUT2D eigenvalue weighted by Crippen LogP contribution is 2.32. The van der Waals surface area contributed by atoms with Gasteiger partial charge in [0.15, 0.2) is 0 Å². The lowest BCUT2D eigenvalue weighted by atomic mass is 9.76. The van der Waals surface area contributed by atoms with Crippen LogP contribution in [0.5, 0.6) is 0 Å². The Labute approximate surface area is 89.7 Å². The van der Waals surface area contributed by atoms with Crippen molar-refractivity contribution >= 4 is 0 Å². The fraction of sp³-hybridized carbons (Fsp3) is 1.00. The molecule has 84 valence electrons. The van der Waals surface area contributed by atoms with Crippen molar-refractivity contribution in [2.24, 2.45) is 5.92 Å². The summed E-state index contributed by atoms with van der Waals surface area (Å²) in [5, 5.41) is 3.85. The zero-order valence-electron chi connectivity index (χ0n) is 10.2. The van der Waals surface area contributed by atoms with Crippen LogP contribution >= 0.6 is 0 Å². The second-order valence-corrected chi connectivity index (χ2v) is 4.95. The molecule has 1 aliphatic rings. The summed E-state index contributed by atoms with van der Waals surface area (Å²) >= 11 is 0. The number of nitrogens with one attached hydrogen (secondary N) is 1. The van der Waals surface area contributed by atoms with Crippen molar-refractivity contribution in [2.45, 2.75) is 71.3 Å². The minimum Gasteiger partial charge on any atom is -0.311 e. The standard InChI is InChI=1S/C13H27N/c1-4-9-13(12(3)5-2)10-7-6-8-11-14-13/h12,14H,4-11H2,1-3H3. The van der Waals surface area contributed by atoms with Gasteiger partial charge in [0.25, 0.3) is 0 Å². The van der Waals surface area contributed by atoms with Crippen LogP contribution in [-0.2, 0) is 0 Å². The Balaban J connectivity index is 2.66. The molecular weight excluding hydrogens is 170 g/mol. The van der Waals surface area contributed by atoms with E-state index >= 15 is 0 Å². The third-order valence-corrected chi connectivity index (χ3v) is 4.03. The summed E-state index contributed by atoms with van der Waals surface area (Å²) in [6.45, 7) is 8.31. The van der Waals surface area contributed by atoms with E-state index in [0.717, 1.165) is 5.92 Å². The Kier molecular flexibility index (Phi) is 4.94. The van der Waals surface area contributed by atoms with Crippen molar-refractivity contribution < 1.29 is 0 Å². The normalized spacial score (nSPS) is 31.1. The van der Waals surface area contributed by atoms with Crippen molar-refractivity contribution in [1.29, 1.82) is 0 Å². The molecule has 1 rings (SSSR count). The lowest BCUT2D eigenvalue weighted by molar-refractivity contribution is 0.191. The lowest BCUT2D eigenvalue weighted by Gasteiger charge is -2.39. The van der Waals surface area contributed by atoms with Crippen LogP contribution in [0.1, 0.15) is 65.7 Å². The molecule has 0 aromatic rings. The van der Waals surface area contributed by atoms with Gasteiger partial charge in [0.05, 0.1) is 0 Å². The van der Waals surface area contributed by atoms with E-state index < -0.39 is 0 Å². The molecule has 0 amide bonds. The fourth-order valence-electron chi connectivity index (χ4n) is 2.89. The van der Waals surface area contributed by atoms with Crippen LogP contribution in [0.4, 0.5) is 0 Å². The summed E-state index contributed by atoms with van der Waals surface area (Å²) in [6.07, 6.45) is 9.62. The van der Waals surface area contributed by atoms with Gasteiger partial charge in [-0.25, -0.2) is 0 Å². The van der Waals surface area contributed by atoms with Crippen LogP contribution in [0, 0.1) is 5.92 Å². The van der Waals surface area contributed by atoms with E-state index in [1.54, 1.807) is 0 Å². The van der Waals surface area contributed by atoms with Gasteiger partial charge in [-0.2, -0.15) is 0 Å². The summed E-state index contributed by atoms with van der Waals surface area (Å²) in [4.78, 5) is 0. The van der Waals surface area contributed by atoms with Crippen LogP contribution < -0.4 is 5.32 Å². The van der Waals surface area contributed by atoms with Gasteiger partial charge in [0.1, 0.15) is 0 Å². The maximum atomic E-state index is 3.85. The maximum absolute atomic E-state index is 3.85. The van der Waals surface area contributed by atoms with E-state index in [-0.39, 0.29) is 0 Å². The molecule has 2 unspecified atom stereocenters. The molecule has 14 heavy (non-hydrogen) atoms. The molecule has 0 radical (unpaired) electrons. The minimum absolute atomic E-state index is 0.472. The SMILES string of the molecule is CCCC1(C(C)CC)CCCCCN1. The minimum atomic E-state index is 0.472. The molecule has 0 aromatic carbocycles. The third kappa shape index (κ3) is 2.73. The predicted octanol–water partition coefficient (Wildman–Crippen LogP) is 3.74. The fourth-order valence-corrected chi connectivity index (χ4v) is 2.89. The molecular formula is C13H27N. The average molecular weight is 197 g/mol. The Bertz CT molecular complexity index is 145. The van der Waals surface area contributed by atoms with E-state index in [4.69, 9.17) is 0 Å². The molecule has 0 aromatic heterocycles. The summed E-state index contributed by atoms with van der Waals surface area (Å²) in [7, 11) is 0. The van der Waals surface area contributed by atoms with Gasteiger partial charge < -0.3 is 5.32 Å². The Morgan fingerprint density at radius 1 is 1.21 bits per heavy atom. The Morgan fingerprint density at radius 2 is 2.00 bits per heavy atom. The van der Waals surface area contributed by atoms with Crippen molar-refractivity contribution in [1.82, 2.24) is 5.32 Å². The molecule has 0 spiro atoms. The molecule has 1 heterocycles. The quantitative estimate of drug-likeness (QED) is 0.724. The lowest BCUT2D eigenvalue weighted by Crippen LogP contribution is -2.49. The van der Waals surface area contributed by atoms with Crippen molar-refractivity contribution in [2.75, 3.05) is 6.54 Å². The molecule has 0 saturated carbocycles. The summed E-state index contributed by atoms with van der Waals surface area (Å²) in [5.74, 6) is 0.834. The first kappa shape index (κ1) is 12.0. The molecule has 1 heteroatoms. The van der Waals surface area contributed by atoms with Gasteiger partial charge in [-0.3, -0.25) is 0 Å². The number of hydrogen-bond acceptors (Lipinski definition) is 1. The van der Waals surface area contributed by atoms with Crippen LogP contribution in [0.3, 0.4) is 0 Å². The van der Waals surface area contributed by atoms with Crippen molar-refractivity contribution in [3.63, 3.8) is 0 Å². The van der Waals surface area contributed by atoms with Gasteiger partial charge >= 0.3 is 0 Å². The van der Waals surface area contributed by atoms with Gasteiger partial charge in [-0.15, -0.1) is 0 Å². The van der Waals surface area contributed by atoms with Gasteiger partial charge in [-0.1, -0.05) is 46.5 Å². The first-order valence-electron chi connectivity index (χ1n) is 6.50. The highest BCUT2D eigenvalue weighted by atomic mass is 15.0. The topological polar surface area (TPSA) is 12.0 Å². The molecule has 1 aliphatic heterocycles. The average Bonchev–Trinajstić information content (AvgIpc) is 2.44. The van der Waals surface area contributed by atoms with Gasteiger partial charge in [-0.05, 0) is 31.7 Å². The van der Waals surface area contributed by atoms with Crippen molar-refractivity contribution in [3.8, 4) is 0 Å². The van der Waals surface area contributed by atoms with E-state index in [0.29, 0.717) is 5.54 Å². The van der Waals surface area contributed by atoms with Gasteiger partial charge in [0, 0.05) is 5.54 Å². The summed E-state index contributed by atoms with van der Waals surface area (Å²) in [5.41, 5.74) is 0.472. The monoisotopic (exact) mass is 197 g/mol.